The second-order valence-electron chi connectivity index (χ2n) is 10.2. The second-order valence-corrected chi connectivity index (χ2v) is 10.2. The van der Waals surface area contributed by atoms with Gasteiger partial charge in [-0.1, -0.05) is 18.2 Å². The summed E-state index contributed by atoms with van der Waals surface area (Å²) in [7, 11) is 1.27. The first kappa shape index (κ1) is 34.3. The number of aliphatic hydroxyl groups excluding tert-OH is 1. The molecule has 13 nitrogen and oxygen atoms in total. The lowest BCUT2D eigenvalue weighted by atomic mass is 9.95. The van der Waals surface area contributed by atoms with Gasteiger partial charge in [0, 0.05) is 5.70 Å². The minimum Gasteiger partial charge on any atom is -0.490 e. The van der Waals surface area contributed by atoms with Crippen molar-refractivity contribution in [3.63, 3.8) is 0 Å². The third-order valence-corrected chi connectivity index (χ3v) is 6.86. The summed E-state index contributed by atoms with van der Waals surface area (Å²) in [5.41, 5.74) is 6.02. The summed E-state index contributed by atoms with van der Waals surface area (Å²) in [4.78, 5) is 36.4. The number of carbonyl (C=O) groups excluding carboxylic acids is 3. The molecule has 0 saturated heterocycles. The summed E-state index contributed by atoms with van der Waals surface area (Å²) in [5, 5.41) is 19.8. The molecule has 4 N–H and O–H groups in total. The summed E-state index contributed by atoms with van der Waals surface area (Å²) in [6.07, 6.45) is 0.405. The van der Waals surface area contributed by atoms with E-state index in [-0.39, 0.29) is 18.1 Å². The molecule has 1 aliphatic rings. The van der Waals surface area contributed by atoms with Crippen LogP contribution in [-0.2, 0) is 20.9 Å². The Bertz CT molecular complexity index is 1600. The molecule has 1 heterocycles. The number of amides is 2. The van der Waals surface area contributed by atoms with Crippen LogP contribution in [0.4, 0.5) is 4.79 Å². The van der Waals surface area contributed by atoms with Crippen molar-refractivity contribution < 1.29 is 43.2 Å². The van der Waals surface area contributed by atoms with E-state index in [2.05, 4.69) is 21.2 Å². The van der Waals surface area contributed by atoms with Crippen LogP contribution in [-0.4, -0.2) is 62.4 Å². The number of hydrogen-bond donors (Lipinski definition) is 4. The molecule has 0 bridgehead atoms. The fraction of sp³-hybridized carbons (Fsp3) is 0.294. The SMILES string of the molecule is CCOC(=O)c1ccc(COc2ccc(/C=N/N[C@@H](O)COc3ccc([C@@H]4NC(=O)NC(C)=C4C(=O)OC)cc3OCC)cc2)cc1. The fourth-order valence-electron chi connectivity index (χ4n) is 4.59. The number of rotatable bonds is 15. The van der Waals surface area contributed by atoms with Gasteiger partial charge in [0.2, 0.25) is 0 Å². The Kier molecular flexibility index (Phi) is 12.2. The zero-order valence-electron chi connectivity index (χ0n) is 26.6. The monoisotopic (exact) mass is 646 g/mol. The molecule has 13 heteroatoms. The number of esters is 2. The number of nitrogens with zero attached hydrogens (tertiary/aromatic N) is 1. The molecule has 3 aromatic carbocycles. The van der Waals surface area contributed by atoms with E-state index in [9.17, 15) is 19.5 Å². The van der Waals surface area contributed by atoms with Gasteiger partial charge in [-0.15, -0.1) is 0 Å². The van der Waals surface area contributed by atoms with E-state index in [1.54, 1.807) is 62.5 Å². The van der Waals surface area contributed by atoms with Crippen molar-refractivity contribution in [1.82, 2.24) is 16.1 Å². The highest BCUT2D eigenvalue weighted by Gasteiger charge is 2.32. The number of benzene rings is 3. The number of carbonyl (C=O) groups is 3. The maximum atomic E-state index is 12.4. The molecular formula is C34H38N4O9. The number of methoxy groups -OCH3 is 1. The van der Waals surface area contributed by atoms with E-state index < -0.39 is 24.3 Å². The predicted octanol–water partition coefficient (Wildman–Crippen LogP) is 3.96. The zero-order chi connectivity index (χ0) is 33.8. The maximum Gasteiger partial charge on any atom is 0.338 e. The van der Waals surface area contributed by atoms with Crippen LogP contribution in [0.15, 0.2) is 83.1 Å². The van der Waals surface area contributed by atoms with Crippen molar-refractivity contribution in [3.05, 3.63) is 100 Å². The van der Waals surface area contributed by atoms with E-state index in [4.69, 9.17) is 23.7 Å². The molecule has 1 aliphatic heterocycles. The lowest BCUT2D eigenvalue weighted by Crippen LogP contribution is -2.45. The van der Waals surface area contributed by atoms with E-state index in [1.165, 1.54) is 7.11 Å². The highest BCUT2D eigenvalue weighted by Crippen LogP contribution is 2.35. The van der Waals surface area contributed by atoms with Gasteiger partial charge in [0.1, 0.15) is 19.0 Å². The largest absolute Gasteiger partial charge is 0.490 e. The highest BCUT2D eigenvalue weighted by atomic mass is 16.5. The van der Waals surface area contributed by atoms with Crippen molar-refractivity contribution >= 4 is 24.2 Å². The molecule has 2 amide bonds. The van der Waals surface area contributed by atoms with E-state index in [1.807, 2.05) is 31.2 Å². The normalized spacial score (nSPS) is 14.9. The zero-order valence-corrected chi connectivity index (χ0v) is 26.6. The summed E-state index contributed by atoms with van der Waals surface area (Å²) >= 11 is 0. The molecule has 47 heavy (non-hydrogen) atoms. The van der Waals surface area contributed by atoms with Crippen LogP contribution >= 0.6 is 0 Å². The lowest BCUT2D eigenvalue weighted by Gasteiger charge is -2.28. The van der Waals surface area contributed by atoms with Crippen LogP contribution in [0.5, 0.6) is 17.2 Å². The van der Waals surface area contributed by atoms with E-state index >= 15 is 0 Å². The van der Waals surface area contributed by atoms with Crippen LogP contribution in [0.1, 0.15) is 53.9 Å². The van der Waals surface area contributed by atoms with Crippen LogP contribution in [0, 0.1) is 0 Å². The van der Waals surface area contributed by atoms with Gasteiger partial charge < -0.3 is 39.4 Å². The van der Waals surface area contributed by atoms with E-state index in [0.717, 1.165) is 11.1 Å². The van der Waals surface area contributed by atoms with Crippen molar-refractivity contribution in [2.45, 2.75) is 39.6 Å². The number of urea groups is 1. The molecule has 0 spiro atoms. The van der Waals surface area contributed by atoms with Crippen LogP contribution in [0.25, 0.3) is 0 Å². The average Bonchev–Trinajstić information content (AvgIpc) is 3.07. The van der Waals surface area contributed by atoms with Gasteiger partial charge in [-0.25, -0.2) is 14.4 Å². The van der Waals surface area contributed by atoms with Crippen LogP contribution in [0.3, 0.4) is 0 Å². The van der Waals surface area contributed by atoms with Gasteiger partial charge in [0.05, 0.1) is 43.7 Å². The number of allylic oxidation sites excluding steroid dienone is 1. The van der Waals surface area contributed by atoms with Gasteiger partial charge in [-0.3, -0.25) is 5.43 Å². The smallest absolute Gasteiger partial charge is 0.338 e. The summed E-state index contributed by atoms with van der Waals surface area (Å²) < 4.78 is 27.3. The Hall–Kier alpha value is -5.56. The molecule has 0 aromatic heterocycles. The number of aliphatic hydroxyl groups is 1. The first-order chi connectivity index (χ1) is 22.7. The number of nitrogens with one attached hydrogen (secondary N) is 3. The first-order valence-corrected chi connectivity index (χ1v) is 14.9. The maximum absolute atomic E-state index is 12.4. The molecule has 3 aromatic rings. The Labute approximate surface area is 272 Å². The number of hydrogen-bond acceptors (Lipinski definition) is 11. The topological polar surface area (TPSA) is 166 Å². The van der Waals surface area contributed by atoms with Gasteiger partial charge >= 0.3 is 18.0 Å². The quantitative estimate of drug-likeness (QED) is 0.0822. The summed E-state index contributed by atoms with van der Waals surface area (Å²) in [6, 6.07) is 18.1. The molecule has 0 aliphatic carbocycles. The van der Waals surface area contributed by atoms with Gasteiger partial charge in [0.15, 0.2) is 17.7 Å². The fourth-order valence-corrected chi connectivity index (χ4v) is 4.59. The van der Waals surface area contributed by atoms with Crippen LogP contribution in [0.2, 0.25) is 0 Å². The highest BCUT2D eigenvalue weighted by molar-refractivity contribution is 5.95. The summed E-state index contributed by atoms with van der Waals surface area (Å²) in [6.45, 7) is 6.03. The van der Waals surface area contributed by atoms with Gasteiger partial charge in [-0.05, 0) is 86.0 Å². The predicted molar refractivity (Wildman–Crippen MR) is 172 cm³/mol. The molecule has 0 unspecified atom stereocenters. The first-order valence-electron chi connectivity index (χ1n) is 14.9. The summed E-state index contributed by atoms with van der Waals surface area (Å²) in [5.74, 6) is 0.444. The Morgan fingerprint density at radius 1 is 0.957 bits per heavy atom. The van der Waals surface area contributed by atoms with Crippen molar-refractivity contribution in [2.24, 2.45) is 5.10 Å². The number of ether oxygens (including phenoxy) is 5. The van der Waals surface area contributed by atoms with Crippen LogP contribution < -0.4 is 30.3 Å². The molecule has 2 atom stereocenters. The molecule has 0 fully saturated rings. The minimum absolute atomic E-state index is 0.152. The molecular weight excluding hydrogens is 608 g/mol. The third kappa shape index (κ3) is 9.47. The van der Waals surface area contributed by atoms with E-state index in [0.29, 0.717) is 53.9 Å². The van der Waals surface area contributed by atoms with Crippen molar-refractivity contribution in [1.29, 1.82) is 0 Å². The van der Waals surface area contributed by atoms with Gasteiger partial charge in [0.25, 0.3) is 0 Å². The second kappa shape index (κ2) is 16.7. The van der Waals surface area contributed by atoms with Gasteiger partial charge in [-0.2, -0.15) is 5.10 Å². The minimum atomic E-state index is -1.14. The Morgan fingerprint density at radius 2 is 1.70 bits per heavy atom. The number of hydrazone groups is 1. The molecule has 248 valence electrons. The standard InChI is InChI=1S/C34H38N4O9/c1-5-44-28-17-25(31-30(33(41)43-4)21(3)36-34(42)37-31)13-16-27(28)47-20-29(39)38-35-18-22-9-14-26(15-10-22)46-19-23-7-11-24(12-8-23)32(40)45-6-2/h7-18,29,31,38-39H,5-6,19-20H2,1-4H3,(H2,36,37,42)/b35-18+/t29-,31-/m0/s1. The average molecular weight is 647 g/mol. The molecule has 4 rings (SSSR count). The van der Waals surface area contributed by atoms with Crippen molar-refractivity contribution in [2.75, 3.05) is 26.9 Å². The third-order valence-electron chi connectivity index (χ3n) is 6.86. The lowest BCUT2D eigenvalue weighted by molar-refractivity contribution is -0.136. The van der Waals surface area contributed by atoms with Crippen molar-refractivity contribution in [3.8, 4) is 17.2 Å². The Balaban J connectivity index is 1.29. The molecule has 0 radical (unpaired) electrons. The molecule has 0 saturated carbocycles. The Morgan fingerprint density at radius 3 is 2.38 bits per heavy atom.